The van der Waals surface area contributed by atoms with Crippen molar-refractivity contribution in [1.29, 1.82) is 1.45 Å². The van der Waals surface area contributed by atoms with E-state index in [0.717, 1.165) is 24.9 Å². The van der Waals surface area contributed by atoms with Crippen LogP contribution in [0.4, 0.5) is 4.72 Å². The zero-order valence-corrected chi connectivity index (χ0v) is 7.45. The van der Waals surface area contributed by atoms with Crippen LogP contribution in [-0.4, -0.2) is 14.5 Å². The molecule has 0 amide bonds. The molecule has 0 atom stereocenters. The molecule has 64 valence electrons. The number of hydrogen-bond donors (Lipinski definition) is 1. The largest absolute Gasteiger partial charge is 0.316 e. The average Bonchev–Trinajstić information content (AvgIpc) is 1.90. The van der Waals surface area contributed by atoms with Gasteiger partial charge < -0.3 is 5.32 Å². The summed E-state index contributed by atoms with van der Waals surface area (Å²) in [5, 5.41) is 3.38. The van der Waals surface area contributed by atoms with Gasteiger partial charge >= 0.3 is 0 Å². The normalized spacial score (nSPS) is 10.9. The van der Waals surface area contributed by atoms with Crippen molar-refractivity contribution in [2.24, 2.45) is 11.8 Å². The first-order valence-electron chi connectivity index (χ1n) is 4.21. The number of nitrogens with one attached hydrogen (secondary N) is 1. The van der Waals surface area contributed by atoms with Crippen molar-refractivity contribution < 1.29 is 4.72 Å². The van der Waals surface area contributed by atoms with Crippen LogP contribution in [0, 0.1) is 11.8 Å². The quantitative estimate of drug-likeness (QED) is 0.646. The van der Waals surface area contributed by atoms with Gasteiger partial charge in [-0.15, -0.1) is 0 Å². The SMILES string of the molecule is CC(C)CNCC(C)C.[2H]F. The summed E-state index contributed by atoms with van der Waals surface area (Å²) in [7, 11) is 0. The molecule has 0 aromatic heterocycles. The van der Waals surface area contributed by atoms with Gasteiger partial charge in [0.05, 0.1) is 0 Å². The van der Waals surface area contributed by atoms with E-state index in [1.54, 1.807) is 0 Å². The van der Waals surface area contributed by atoms with Crippen LogP contribution in [0.2, 0.25) is 0 Å². The molecule has 1 nitrogen and oxygen atoms in total. The molecule has 0 aliphatic carbocycles. The number of hydrogen-bond acceptors (Lipinski definition) is 1. The summed E-state index contributed by atoms with van der Waals surface area (Å²) in [6, 6.07) is 0. The molecule has 2 heteroatoms. The fraction of sp³-hybridized carbons (Fsp3) is 1.00. The van der Waals surface area contributed by atoms with Gasteiger partial charge in [-0.25, -0.2) is 0 Å². The van der Waals surface area contributed by atoms with Gasteiger partial charge in [0, 0.05) is 0 Å². The molecule has 0 spiro atoms. The molecule has 0 aromatic carbocycles. The maximum Gasteiger partial charge on any atom is 0.269 e. The highest BCUT2D eigenvalue weighted by atomic mass is 19.0. The van der Waals surface area contributed by atoms with E-state index in [0.29, 0.717) is 0 Å². The minimum atomic E-state index is 0.781. The highest BCUT2D eigenvalue weighted by Crippen LogP contribution is 1.90. The molecule has 0 heterocycles. The smallest absolute Gasteiger partial charge is 0.269 e. The molecule has 0 aliphatic rings. The predicted octanol–water partition coefficient (Wildman–Crippen LogP) is 2.04. The maximum atomic E-state index is 8.75. The third kappa shape index (κ3) is 10.8. The second-order valence-corrected chi connectivity index (χ2v) is 3.45. The van der Waals surface area contributed by atoms with Crippen molar-refractivity contribution in [2.75, 3.05) is 13.1 Å². The van der Waals surface area contributed by atoms with Crippen molar-refractivity contribution in [2.45, 2.75) is 27.7 Å². The van der Waals surface area contributed by atoms with Crippen LogP contribution in [-0.2, 0) is 0 Å². The lowest BCUT2D eigenvalue weighted by Crippen LogP contribution is -2.23. The van der Waals surface area contributed by atoms with Crippen LogP contribution in [0.15, 0.2) is 0 Å². The number of rotatable bonds is 4. The van der Waals surface area contributed by atoms with E-state index in [2.05, 4.69) is 34.5 Å². The second kappa shape index (κ2) is 7.00. The summed E-state index contributed by atoms with van der Waals surface area (Å²) < 4.78 is 13.0. The minimum absolute atomic E-state index is 0.781. The van der Waals surface area contributed by atoms with Crippen LogP contribution in [0.25, 0.3) is 0 Å². The summed E-state index contributed by atoms with van der Waals surface area (Å²) in [6.07, 6.45) is 0. The molecular formula is C8H20FN. The summed E-state index contributed by atoms with van der Waals surface area (Å²) in [5.74, 6) is 1.56. The van der Waals surface area contributed by atoms with Gasteiger partial charge in [0.1, 0.15) is 0 Å². The Balaban J connectivity index is 0. The van der Waals surface area contributed by atoms with Crippen molar-refractivity contribution in [3.8, 4) is 0 Å². The van der Waals surface area contributed by atoms with Crippen molar-refractivity contribution >= 4 is 0 Å². The third-order valence-electron chi connectivity index (χ3n) is 1.11. The first-order chi connectivity index (χ1) is 5.13. The Morgan fingerprint density at radius 2 is 1.40 bits per heavy atom. The Bertz CT molecular complexity index is 59.1. The fourth-order valence-electron chi connectivity index (χ4n) is 0.661. The standard InChI is InChI=1S/C8H19N.FH/c1-7(2)5-9-6-8(3)4;/h7-9H,5-6H2,1-4H3;1H/i/hD. The van der Waals surface area contributed by atoms with Gasteiger partial charge in [-0.3, -0.25) is 4.72 Å². The molecule has 0 radical (unpaired) electrons. The molecule has 1 N–H and O–H groups in total. The van der Waals surface area contributed by atoms with Crippen LogP contribution in [0.5, 0.6) is 0 Å². The molecule has 0 aromatic rings. The summed E-state index contributed by atoms with van der Waals surface area (Å²) in [5.41, 5.74) is 0. The van der Waals surface area contributed by atoms with Crippen LogP contribution >= 0.6 is 0 Å². The Morgan fingerprint density at radius 3 is 1.60 bits per heavy atom. The fourth-order valence-corrected chi connectivity index (χ4v) is 0.661. The topological polar surface area (TPSA) is 12.0 Å². The molecular weight excluding hydrogens is 129 g/mol. The Kier molecular flexibility index (Phi) is 6.93. The van der Waals surface area contributed by atoms with Crippen LogP contribution < -0.4 is 5.32 Å². The lowest BCUT2D eigenvalue weighted by atomic mass is 10.2. The Morgan fingerprint density at radius 1 is 1.10 bits per heavy atom. The average molecular weight is 150 g/mol. The van der Waals surface area contributed by atoms with E-state index >= 15 is 0 Å². The first-order valence-corrected chi connectivity index (χ1v) is 3.83. The molecule has 0 unspecified atom stereocenters. The maximum absolute atomic E-state index is 8.75. The highest BCUT2D eigenvalue weighted by molar-refractivity contribution is 4.52. The molecule has 0 aliphatic heterocycles. The molecule has 0 bridgehead atoms. The Hall–Kier alpha value is -0.110. The summed E-state index contributed by atoms with van der Waals surface area (Å²) >= 11 is 0. The molecule has 0 fully saturated rings. The zero-order valence-electron chi connectivity index (χ0n) is 8.45. The first kappa shape index (κ1) is 9.89. The van der Waals surface area contributed by atoms with E-state index in [4.69, 9.17) is 4.72 Å². The van der Waals surface area contributed by atoms with Crippen LogP contribution in [0.3, 0.4) is 0 Å². The lowest BCUT2D eigenvalue weighted by molar-refractivity contribution is 0.497. The van der Waals surface area contributed by atoms with E-state index < -0.39 is 0 Å². The van der Waals surface area contributed by atoms with Gasteiger partial charge in [0.2, 0.25) is 0 Å². The van der Waals surface area contributed by atoms with E-state index in [-0.39, 0.29) is 0 Å². The Labute approximate surface area is 65.1 Å². The highest BCUT2D eigenvalue weighted by Gasteiger charge is 1.93. The van der Waals surface area contributed by atoms with Gasteiger partial charge in [0.15, 0.2) is 0 Å². The lowest BCUT2D eigenvalue weighted by Gasteiger charge is -2.08. The van der Waals surface area contributed by atoms with Crippen molar-refractivity contribution in [3.63, 3.8) is 0 Å². The minimum Gasteiger partial charge on any atom is -0.316 e. The molecule has 0 rings (SSSR count). The van der Waals surface area contributed by atoms with E-state index in [1.807, 2.05) is 0 Å². The summed E-state index contributed by atoms with van der Waals surface area (Å²) in [4.78, 5) is 0. The van der Waals surface area contributed by atoms with Crippen molar-refractivity contribution in [1.82, 2.24) is 5.32 Å². The zero-order chi connectivity index (χ0) is 9.28. The van der Waals surface area contributed by atoms with Gasteiger partial charge in [-0.2, -0.15) is 0 Å². The van der Waals surface area contributed by atoms with Gasteiger partial charge in [-0.05, 0) is 24.9 Å². The summed E-state index contributed by atoms with van der Waals surface area (Å²) in [6.45, 7) is 11.2. The van der Waals surface area contributed by atoms with E-state index in [9.17, 15) is 0 Å². The van der Waals surface area contributed by atoms with Gasteiger partial charge in [-0.1, -0.05) is 27.7 Å². The molecule has 0 saturated carbocycles. The predicted molar refractivity (Wildman–Crippen MR) is 45.0 cm³/mol. The van der Waals surface area contributed by atoms with Crippen LogP contribution in [0.1, 0.15) is 27.7 Å². The van der Waals surface area contributed by atoms with E-state index in [1.165, 1.54) is 0 Å². The molecule has 0 saturated heterocycles. The van der Waals surface area contributed by atoms with Crippen molar-refractivity contribution in [3.05, 3.63) is 0 Å². The second-order valence-electron chi connectivity index (χ2n) is 3.45. The third-order valence-corrected chi connectivity index (χ3v) is 1.11. The van der Waals surface area contributed by atoms with Gasteiger partial charge in [0.25, 0.3) is 1.45 Å². The number of halogens is 1. The molecule has 10 heavy (non-hydrogen) atoms. The monoisotopic (exact) mass is 150 g/mol.